The molecular formula is C35H41N7O4S. The molecule has 2 aliphatic heterocycles. The van der Waals surface area contributed by atoms with E-state index < -0.39 is 10.0 Å². The summed E-state index contributed by atoms with van der Waals surface area (Å²) in [4.78, 5) is 36.7. The Kier molecular flexibility index (Phi) is 9.14. The van der Waals surface area contributed by atoms with Gasteiger partial charge in [0, 0.05) is 29.8 Å². The summed E-state index contributed by atoms with van der Waals surface area (Å²) in [5, 5.41) is 0. The van der Waals surface area contributed by atoms with Gasteiger partial charge >= 0.3 is 0 Å². The van der Waals surface area contributed by atoms with E-state index in [-0.39, 0.29) is 47.4 Å². The van der Waals surface area contributed by atoms with Gasteiger partial charge in [0.1, 0.15) is 12.4 Å². The highest BCUT2D eigenvalue weighted by atomic mass is 32.2. The van der Waals surface area contributed by atoms with Crippen molar-refractivity contribution in [3.05, 3.63) is 83.3 Å². The molecule has 4 heterocycles. The van der Waals surface area contributed by atoms with Gasteiger partial charge in [-0.05, 0) is 75.3 Å². The highest BCUT2D eigenvalue weighted by Gasteiger charge is 2.30. The maximum absolute atomic E-state index is 14.4. The molecule has 1 saturated heterocycles. The van der Waals surface area contributed by atoms with Crippen LogP contribution in [-0.4, -0.2) is 64.4 Å². The predicted molar refractivity (Wildman–Crippen MR) is 181 cm³/mol. The molecule has 2 aromatic carbocycles. The van der Waals surface area contributed by atoms with Crippen molar-refractivity contribution in [2.75, 3.05) is 22.8 Å². The van der Waals surface area contributed by atoms with Crippen LogP contribution < -0.4 is 14.4 Å². The zero-order chi connectivity index (χ0) is 33.3. The van der Waals surface area contributed by atoms with E-state index in [9.17, 15) is 13.2 Å². The Morgan fingerprint density at radius 3 is 2.49 bits per heavy atom. The van der Waals surface area contributed by atoms with Crippen LogP contribution >= 0.6 is 0 Å². The van der Waals surface area contributed by atoms with E-state index in [2.05, 4.69) is 45.3 Å². The van der Waals surface area contributed by atoms with Crippen molar-refractivity contribution in [1.82, 2.24) is 24.8 Å². The topological polar surface area (TPSA) is 131 Å². The minimum atomic E-state index is -4.16. The number of nitrogens with one attached hydrogen (secondary N) is 1. The molecule has 1 fully saturated rings. The number of rotatable bonds is 7. The molecule has 1 amide bonds. The van der Waals surface area contributed by atoms with Gasteiger partial charge in [-0.1, -0.05) is 38.1 Å². The van der Waals surface area contributed by atoms with Crippen molar-refractivity contribution in [2.24, 2.45) is 5.92 Å². The first kappa shape index (κ1) is 32.4. The minimum Gasteiger partial charge on any atom is -0.475 e. The number of benzene rings is 2. The lowest BCUT2D eigenvalue weighted by atomic mass is 10.00. The highest BCUT2D eigenvalue weighted by Crippen LogP contribution is 2.31. The Balaban J connectivity index is 1.46. The number of carbonyl (C=O) groups is 1. The standard InChI is InChI=1S/C35H41N7O4S/c1-22(2)12-13-28-21-46-32-17-30(33-23(3)8-6-9-24(33)4)38-35(39-32)40-47(44,45)29-11-7-10-26(16-29)34(43)42(28)20-27-18-36-19-31(37-27)41-15-14-25(41)5/h6-11,16-19,22,25,28H,12-15,20-21H2,1-5H3,(H,38,39,40)/t25-,28-/m1/s1. The minimum absolute atomic E-state index is 0.0709. The predicted octanol–water partition coefficient (Wildman–Crippen LogP) is 5.79. The van der Waals surface area contributed by atoms with Crippen LogP contribution in [0.2, 0.25) is 0 Å². The average Bonchev–Trinajstić information content (AvgIpc) is 3.02. The summed E-state index contributed by atoms with van der Waals surface area (Å²) in [5.74, 6) is 0.931. The summed E-state index contributed by atoms with van der Waals surface area (Å²) in [6.45, 7) is 11.6. The van der Waals surface area contributed by atoms with Crippen LogP contribution in [0.25, 0.3) is 11.3 Å². The van der Waals surface area contributed by atoms with Crippen molar-refractivity contribution >= 4 is 27.7 Å². The summed E-state index contributed by atoms with van der Waals surface area (Å²) in [6, 6.07) is 13.7. The number of ether oxygens (including phenoxy) is 1. The number of fused-ring (bicyclic) bond motifs is 4. The zero-order valence-corrected chi connectivity index (χ0v) is 28.3. The van der Waals surface area contributed by atoms with Gasteiger partial charge in [-0.15, -0.1) is 0 Å². The lowest BCUT2D eigenvalue weighted by molar-refractivity contribution is 0.0560. The van der Waals surface area contributed by atoms with E-state index in [0.29, 0.717) is 29.8 Å². The van der Waals surface area contributed by atoms with Crippen LogP contribution in [-0.2, 0) is 16.6 Å². The molecule has 0 spiro atoms. The normalized spacial score (nSPS) is 19.1. The molecule has 0 unspecified atom stereocenters. The summed E-state index contributed by atoms with van der Waals surface area (Å²) in [7, 11) is -4.16. The van der Waals surface area contributed by atoms with Gasteiger partial charge in [0.2, 0.25) is 11.8 Å². The van der Waals surface area contributed by atoms with Crippen LogP contribution in [0.1, 0.15) is 67.2 Å². The van der Waals surface area contributed by atoms with Gasteiger partial charge in [-0.25, -0.2) is 23.1 Å². The second-order valence-corrected chi connectivity index (χ2v) is 14.6. The number of hydrogen-bond donors (Lipinski definition) is 1. The van der Waals surface area contributed by atoms with Gasteiger partial charge in [0.15, 0.2) is 0 Å². The summed E-state index contributed by atoms with van der Waals surface area (Å²) < 4.78 is 36.2. The smallest absolute Gasteiger partial charge is 0.264 e. The second kappa shape index (κ2) is 13.3. The number of carbonyl (C=O) groups excluding carboxylic acids is 1. The van der Waals surface area contributed by atoms with E-state index in [1.54, 1.807) is 35.5 Å². The quantitative estimate of drug-likeness (QED) is 0.263. The molecule has 47 heavy (non-hydrogen) atoms. The average molecular weight is 656 g/mol. The molecule has 0 radical (unpaired) electrons. The summed E-state index contributed by atoms with van der Waals surface area (Å²) in [6.07, 6.45) is 6.02. The summed E-state index contributed by atoms with van der Waals surface area (Å²) >= 11 is 0. The molecular weight excluding hydrogens is 614 g/mol. The maximum atomic E-state index is 14.4. The Bertz CT molecular complexity index is 1880. The number of anilines is 2. The second-order valence-electron chi connectivity index (χ2n) is 12.9. The van der Waals surface area contributed by atoms with Gasteiger partial charge < -0.3 is 14.5 Å². The number of amides is 1. The van der Waals surface area contributed by atoms with Crippen molar-refractivity contribution in [3.63, 3.8) is 0 Å². The van der Waals surface area contributed by atoms with E-state index in [0.717, 1.165) is 41.9 Å². The van der Waals surface area contributed by atoms with E-state index >= 15 is 0 Å². The number of nitrogens with zero attached hydrogens (tertiary/aromatic N) is 6. The van der Waals surface area contributed by atoms with Gasteiger partial charge in [0.25, 0.3) is 15.9 Å². The van der Waals surface area contributed by atoms with Crippen LogP contribution in [0, 0.1) is 19.8 Å². The fraction of sp³-hybridized carbons (Fsp3) is 0.400. The highest BCUT2D eigenvalue weighted by molar-refractivity contribution is 7.92. The first-order valence-electron chi connectivity index (χ1n) is 16.1. The first-order chi connectivity index (χ1) is 22.5. The molecule has 12 heteroatoms. The molecule has 0 aliphatic carbocycles. The lowest BCUT2D eigenvalue weighted by Gasteiger charge is -2.39. The molecule has 4 bridgehead atoms. The Morgan fingerprint density at radius 1 is 1.02 bits per heavy atom. The zero-order valence-electron chi connectivity index (χ0n) is 27.5. The number of aryl methyl sites for hydroxylation is 2. The Hall–Kier alpha value is -4.58. The molecule has 0 saturated carbocycles. The van der Waals surface area contributed by atoms with Crippen molar-refractivity contribution in [1.29, 1.82) is 0 Å². The number of hydrogen-bond acceptors (Lipinski definition) is 9. The van der Waals surface area contributed by atoms with Gasteiger partial charge in [-0.2, -0.15) is 4.98 Å². The molecule has 1 N–H and O–H groups in total. The molecule has 4 aromatic rings. The van der Waals surface area contributed by atoms with Gasteiger partial charge in [0.05, 0.1) is 41.3 Å². The SMILES string of the molecule is Cc1cccc(C)c1-c1cc2nc(n1)NS(=O)(=O)c1cccc(c1)C(=O)N(Cc1cncc(N3CC[C@H]3C)n1)[C@H](CCC(C)C)CO2. The third kappa shape index (κ3) is 7.07. The lowest BCUT2D eigenvalue weighted by Crippen LogP contribution is -2.46. The molecule has 2 aromatic heterocycles. The third-order valence-corrected chi connectivity index (χ3v) is 10.2. The largest absolute Gasteiger partial charge is 0.475 e. The maximum Gasteiger partial charge on any atom is 0.264 e. The van der Waals surface area contributed by atoms with Gasteiger partial charge in [-0.3, -0.25) is 9.78 Å². The van der Waals surface area contributed by atoms with Crippen LogP contribution in [0.5, 0.6) is 5.88 Å². The third-order valence-electron chi connectivity index (χ3n) is 8.88. The number of aromatic nitrogens is 4. The molecule has 2 atom stereocenters. The monoisotopic (exact) mass is 655 g/mol. The number of sulfonamides is 1. The van der Waals surface area contributed by atoms with Crippen LogP contribution in [0.3, 0.4) is 0 Å². The molecule has 246 valence electrons. The van der Waals surface area contributed by atoms with Crippen molar-refractivity contribution in [3.8, 4) is 17.1 Å². The molecule has 2 aliphatic rings. The molecule has 11 nitrogen and oxygen atoms in total. The fourth-order valence-electron chi connectivity index (χ4n) is 6.08. The Morgan fingerprint density at radius 2 is 1.79 bits per heavy atom. The fourth-order valence-corrected chi connectivity index (χ4v) is 7.07. The van der Waals surface area contributed by atoms with Crippen LogP contribution in [0.15, 0.2) is 65.8 Å². The van der Waals surface area contributed by atoms with E-state index in [4.69, 9.17) is 9.72 Å². The first-order valence-corrected chi connectivity index (χ1v) is 17.6. The van der Waals surface area contributed by atoms with Crippen LogP contribution in [0.4, 0.5) is 11.8 Å². The van der Waals surface area contributed by atoms with E-state index in [1.165, 1.54) is 12.1 Å². The molecule has 6 rings (SSSR count). The van der Waals surface area contributed by atoms with Crippen molar-refractivity contribution in [2.45, 2.75) is 77.4 Å². The van der Waals surface area contributed by atoms with Crippen molar-refractivity contribution < 1.29 is 17.9 Å². The summed E-state index contributed by atoms with van der Waals surface area (Å²) in [5.41, 5.74) is 4.25. The van der Waals surface area contributed by atoms with E-state index in [1.807, 2.05) is 32.0 Å². The Labute approximate surface area is 276 Å².